The lowest BCUT2D eigenvalue weighted by atomic mass is 9.96. The number of carbonyl (C=O) groups is 2. The minimum Gasteiger partial charge on any atom is -0.342 e. The fraction of sp³-hybridized carbons (Fsp3) is 0.353. The lowest BCUT2D eigenvalue weighted by Gasteiger charge is -2.32. The van der Waals surface area contributed by atoms with Gasteiger partial charge in [0, 0.05) is 24.7 Å². The number of hydrogen-bond donors (Lipinski definition) is 1. The largest absolute Gasteiger partial charge is 0.342 e. The molecule has 1 aromatic carbocycles. The van der Waals surface area contributed by atoms with Gasteiger partial charge in [-0.3, -0.25) is 9.59 Å². The summed E-state index contributed by atoms with van der Waals surface area (Å²) >= 11 is 1.40. The molecule has 23 heavy (non-hydrogen) atoms. The second-order valence-electron chi connectivity index (χ2n) is 5.67. The summed E-state index contributed by atoms with van der Waals surface area (Å²) < 4.78 is 0. The van der Waals surface area contributed by atoms with Gasteiger partial charge in [-0.1, -0.05) is 30.3 Å². The van der Waals surface area contributed by atoms with Gasteiger partial charge in [0.2, 0.25) is 11.8 Å². The van der Waals surface area contributed by atoms with Gasteiger partial charge in [0.15, 0.2) is 5.13 Å². The number of piperidine rings is 1. The molecular formula is C17H19N3O2S. The maximum Gasteiger partial charge on any atom is 0.231 e. The summed E-state index contributed by atoms with van der Waals surface area (Å²) in [4.78, 5) is 30.6. The molecule has 1 fully saturated rings. The maximum atomic E-state index is 12.4. The molecule has 1 N–H and O–H groups in total. The average Bonchev–Trinajstić information content (AvgIpc) is 3.09. The molecule has 0 saturated carbocycles. The molecule has 0 aliphatic carbocycles. The van der Waals surface area contributed by atoms with Crippen LogP contribution in [0.4, 0.5) is 5.13 Å². The Morgan fingerprint density at radius 3 is 2.87 bits per heavy atom. The van der Waals surface area contributed by atoms with Crippen molar-refractivity contribution in [2.24, 2.45) is 5.92 Å². The van der Waals surface area contributed by atoms with E-state index in [-0.39, 0.29) is 17.7 Å². The van der Waals surface area contributed by atoms with E-state index in [4.69, 9.17) is 0 Å². The maximum absolute atomic E-state index is 12.4. The minimum atomic E-state index is -0.160. The number of aromatic nitrogens is 1. The van der Waals surface area contributed by atoms with Crippen LogP contribution >= 0.6 is 11.3 Å². The number of nitrogens with zero attached hydrogens (tertiary/aromatic N) is 2. The molecule has 3 rings (SSSR count). The third kappa shape index (κ3) is 4.16. The summed E-state index contributed by atoms with van der Waals surface area (Å²) in [6, 6.07) is 9.71. The highest BCUT2D eigenvalue weighted by atomic mass is 32.1. The van der Waals surface area contributed by atoms with Crippen molar-refractivity contribution in [2.75, 3.05) is 18.4 Å². The number of rotatable bonds is 4. The molecule has 2 amide bonds. The van der Waals surface area contributed by atoms with Crippen molar-refractivity contribution in [3.8, 4) is 0 Å². The van der Waals surface area contributed by atoms with Gasteiger partial charge in [0.05, 0.1) is 12.3 Å². The molecule has 1 saturated heterocycles. The molecule has 120 valence electrons. The highest BCUT2D eigenvalue weighted by Crippen LogP contribution is 2.20. The lowest BCUT2D eigenvalue weighted by molar-refractivity contribution is -0.133. The molecule has 1 aliphatic heterocycles. The molecular weight excluding hydrogens is 310 g/mol. The molecule has 0 spiro atoms. The van der Waals surface area contributed by atoms with Crippen molar-refractivity contribution >= 4 is 28.3 Å². The van der Waals surface area contributed by atoms with Crippen LogP contribution in [0.25, 0.3) is 0 Å². The fourth-order valence-corrected chi connectivity index (χ4v) is 3.32. The zero-order chi connectivity index (χ0) is 16.1. The molecule has 1 unspecified atom stereocenters. The molecule has 5 nitrogen and oxygen atoms in total. The van der Waals surface area contributed by atoms with E-state index in [0.717, 1.165) is 24.9 Å². The van der Waals surface area contributed by atoms with E-state index in [0.29, 0.717) is 18.1 Å². The van der Waals surface area contributed by atoms with Crippen LogP contribution in [0.1, 0.15) is 18.4 Å². The van der Waals surface area contributed by atoms with Crippen molar-refractivity contribution in [2.45, 2.75) is 19.3 Å². The van der Waals surface area contributed by atoms with Crippen molar-refractivity contribution in [3.63, 3.8) is 0 Å². The molecule has 0 bridgehead atoms. The number of amides is 2. The van der Waals surface area contributed by atoms with Crippen LogP contribution in [0, 0.1) is 5.92 Å². The van der Waals surface area contributed by atoms with E-state index in [2.05, 4.69) is 10.3 Å². The minimum absolute atomic E-state index is 0.0443. The Morgan fingerprint density at radius 2 is 2.13 bits per heavy atom. The highest BCUT2D eigenvalue weighted by Gasteiger charge is 2.28. The van der Waals surface area contributed by atoms with Gasteiger partial charge in [0.25, 0.3) is 0 Å². The van der Waals surface area contributed by atoms with E-state index >= 15 is 0 Å². The van der Waals surface area contributed by atoms with E-state index in [1.807, 2.05) is 40.6 Å². The first kappa shape index (κ1) is 15.7. The standard InChI is InChI=1S/C17H19N3O2S/c21-15(11-13-5-2-1-3-6-13)20-9-4-7-14(12-20)16(22)19-17-18-8-10-23-17/h1-3,5-6,8,10,14H,4,7,9,11-12H2,(H,18,19,22). The number of likely N-dealkylation sites (tertiary alicyclic amines) is 1. The van der Waals surface area contributed by atoms with Crippen LogP contribution in [-0.4, -0.2) is 34.8 Å². The SMILES string of the molecule is O=C(Nc1nccs1)C1CCCN(C(=O)Cc2ccccc2)C1. The van der Waals surface area contributed by atoms with Crippen LogP contribution in [0.3, 0.4) is 0 Å². The Morgan fingerprint density at radius 1 is 1.30 bits per heavy atom. The van der Waals surface area contributed by atoms with Crippen molar-refractivity contribution in [1.29, 1.82) is 0 Å². The van der Waals surface area contributed by atoms with Gasteiger partial charge < -0.3 is 10.2 Å². The van der Waals surface area contributed by atoms with Gasteiger partial charge in [-0.2, -0.15) is 0 Å². The smallest absolute Gasteiger partial charge is 0.231 e. The zero-order valence-electron chi connectivity index (χ0n) is 12.8. The van der Waals surface area contributed by atoms with E-state index < -0.39 is 0 Å². The number of hydrogen-bond acceptors (Lipinski definition) is 4. The van der Waals surface area contributed by atoms with Crippen molar-refractivity contribution < 1.29 is 9.59 Å². The van der Waals surface area contributed by atoms with Gasteiger partial charge in [-0.15, -0.1) is 11.3 Å². The summed E-state index contributed by atoms with van der Waals surface area (Å²) in [7, 11) is 0. The molecule has 1 aliphatic rings. The average molecular weight is 329 g/mol. The lowest BCUT2D eigenvalue weighted by Crippen LogP contribution is -2.44. The predicted molar refractivity (Wildman–Crippen MR) is 90.2 cm³/mol. The van der Waals surface area contributed by atoms with Crippen LogP contribution in [0.15, 0.2) is 41.9 Å². The van der Waals surface area contributed by atoms with E-state index in [1.54, 1.807) is 6.20 Å². The van der Waals surface area contributed by atoms with Gasteiger partial charge in [-0.25, -0.2) is 4.98 Å². The van der Waals surface area contributed by atoms with Crippen LogP contribution in [-0.2, 0) is 16.0 Å². The molecule has 1 atom stereocenters. The Balaban J connectivity index is 1.57. The number of thiazole rings is 1. The van der Waals surface area contributed by atoms with Crippen molar-refractivity contribution in [3.05, 3.63) is 47.5 Å². The van der Waals surface area contributed by atoms with Crippen LogP contribution in [0.2, 0.25) is 0 Å². The van der Waals surface area contributed by atoms with Crippen LogP contribution < -0.4 is 5.32 Å². The highest BCUT2D eigenvalue weighted by molar-refractivity contribution is 7.13. The number of carbonyl (C=O) groups excluding carboxylic acids is 2. The Kier molecular flexibility index (Phi) is 5.02. The summed E-state index contributed by atoms with van der Waals surface area (Å²) in [5.74, 6) is -0.118. The number of benzene rings is 1. The topological polar surface area (TPSA) is 62.3 Å². The molecule has 2 heterocycles. The van der Waals surface area contributed by atoms with Gasteiger partial charge >= 0.3 is 0 Å². The van der Waals surface area contributed by atoms with E-state index in [1.165, 1.54) is 11.3 Å². The zero-order valence-corrected chi connectivity index (χ0v) is 13.6. The third-order valence-corrected chi connectivity index (χ3v) is 4.69. The van der Waals surface area contributed by atoms with Gasteiger partial charge in [-0.05, 0) is 18.4 Å². The Bertz CT molecular complexity index is 658. The summed E-state index contributed by atoms with van der Waals surface area (Å²) in [5.41, 5.74) is 1.01. The second-order valence-corrected chi connectivity index (χ2v) is 6.56. The quantitative estimate of drug-likeness (QED) is 0.938. The first-order chi connectivity index (χ1) is 11.2. The molecule has 1 aromatic heterocycles. The Hall–Kier alpha value is -2.21. The second kappa shape index (κ2) is 7.37. The fourth-order valence-electron chi connectivity index (χ4n) is 2.79. The van der Waals surface area contributed by atoms with Crippen LogP contribution in [0.5, 0.6) is 0 Å². The van der Waals surface area contributed by atoms with Crippen molar-refractivity contribution in [1.82, 2.24) is 9.88 Å². The molecule has 2 aromatic rings. The number of anilines is 1. The van der Waals surface area contributed by atoms with E-state index in [9.17, 15) is 9.59 Å². The molecule has 6 heteroatoms. The summed E-state index contributed by atoms with van der Waals surface area (Å²) in [6.07, 6.45) is 3.72. The number of nitrogens with one attached hydrogen (secondary N) is 1. The monoisotopic (exact) mass is 329 g/mol. The first-order valence-corrected chi connectivity index (χ1v) is 8.62. The normalized spacial score (nSPS) is 17.7. The Labute approximate surface area is 139 Å². The van der Waals surface area contributed by atoms with Gasteiger partial charge in [0.1, 0.15) is 0 Å². The predicted octanol–water partition coefficient (Wildman–Crippen LogP) is 2.56. The summed E-state index contributed by atoms with van der Waals surface area (Å²) in [5, 5.41) is 5.27. The first-order valence-electron chi connectivity index (χ1n) is 7.74. The summed E-state index contributed by atoms with van der Waals surface area (Å²) in [6.45, 7) is 1.22. The third-order valence-electron chi connectivity index (χ3n) is 4.01. The molecule has 0 radical (unpaired) electrons.